The zero-order valence-corrected chi connectivity index (χ0v) is 12.2. The quantitative estimate of drug-likeness (QED) is 0.849. The van der Waals surface area contributed by atoms with Crippen LogP contribution in [0.3, 0.4) is 0 Å². The van der Waals surface area contributed by atoms with Crippen LogP contribution in [0.4, 0.5) is 0 Å². The van der Waals surface area contributed by atoms with Gasteiger partial charge in [-0.2, -0.15) is 0 Å². The molecule has 2 rings (SSSR count). The molecule has 2 aromatic heterocycles. The van der Waals surface area contributed by atoms with Gasteiger partial charge in [-0.1, -0.05) is 6.92 Å². The number of pyridine rings is 1. The Bertz CT molecular complexity index is 523. The summed E-state index contributed by atoms with van der Waals surface area (Å²) in [6.07, 6.45) is 4.68. The second-order valence-corrected chi connectivity index (χ2v) is 5.29. The molecule has 19 heavy (non-hydrogen) atoms. The Balaban J connectivity index is 2.10. The van der Waals surface area contributed by atoms with Crippen molar-refractivity contribution in [2.75, 3.05) is 7.05 Å². The minimum Gasteiger partial charge on any atom is -0.312 e. The number of rotatable bonds is 5. The lowest BCUT2D eigenvalue weighted by Crippen LogP contribution is -2.16. The van der Waals surface area contributed by atoms with Gasteiger partial charge in [0.05, 0.1) is 5.69 Å². The van der Waals surface area contributed by atoms with Crippen LogP contribution in [0.2, 0.25) is 0 Å². The number of hydrogen-bond acceptors (Lipinski definition) is 5. The summed E-state index contributed by atoms with van der Waals surface area (Å²) in [5, 5.41) is 4.01. The molecular weight excluding hydrogens is 256 g/mol. The molecule has 0 aromatic carbocycles. The van der Waals surface area contributed by atoms with Gasteiger partial charge in [-0.15, -0.1) is 0 Å². The molecular formula is C14H18N4S. The van der Waals surface area contributed by atoms with Crippen molar-refractivity contribution in [1.29, 1.82) is 0 Å². The van der Waals surface area contributed by atoms with Gasteiger partial charge in [-0.3, -0.25) is 4.98 Å². The molecule has 0 saturated carbocycles. The van der Waals surface area contributed by atoms with E-state index in [1.807, 2.05) is 26.2 Å². The number of nitrogens with zero attached hydrogens (tertiary/aromatic N) is 3. The highest BCUT2D eigenvalue weighted by molar-refractivity contribution is 7.99. The van der Waals surface area contributed by atoms with Gasteiger partial charge in [0.2, 0.25) is 0 Å². The topological polar surface area (TPSA) is 50.7 Å². The Morgan fingerprint density at radius 1 is 1.26 bits per heavy atom. The molecule has 5 heteroatoms. The molecule has 1 unspecified atom stereocenters. The summed E-state index contributed by atoms with van der Waals surface area (Å²) in [5.41, 5.74) is 2.04. The van der Waals surface area contributed by atoms with E-state index >= 15 is 0 Å². The Morgan fingerprint density at radius 2 is 2.11 bits per heavy atom. The van der Waals surface area contributed by atoms with Crippen LogP contribution in [0.5, 0.6) is 0 Å². The summed E-state index contributed by atoms with van der Waals surface area (Å²) in [6, 6.07) is 6.33. The number of hydrogen-bond donors (Lipinski definition) is 1. The Labute approximate surface area is 118 Å². The van der Waals surface area contributed by atoms with Crippen molar-refractivity contribution in [2.45, 2.75) is 36.4 Å². The third-order valence-electron chi connectivity index (χ3n) is 2.85. The molecule has 0 saturated heterocycles. The summed E-state index contributed by atoms with van der Waals surface area (Å²) in [4.78, 5) is 14.2. The molecule has 4 nitrogen and oxygen atoms in total. The van der Waals surface area contributed by atoms with Crippen molar-refractivity contribution in [3.05, 3.63) is 42.0 Å². The smallest absolute Gasteiger partial charge is 0.192 e. The molecule has 0 fully saturated rings. The third kappa shape index (κ3) is 3.75. The molecule has 0 aliphatic carbocycles. The number of aromatic nitrogens is 3. The van der Waals surface area contributed by atoms with E-state index in [-0.39, 0.29) is 0 Å². The maximum atomic E-state index is 4.50. The first-order valence-corrected chi connectivity index (χ1v) is 7.15. The maximum absolute atomic E-state index is 4.50. The van der Waals surface area contributed by atoms with Crippen LogP contribution in [0.1, 0.15) is 30.8 Å². The fourth-order valence-corrected chi connectivity index (χ4v) is 2.56. The van der Waals surface area contributed by atoms with Crippen LogP contribution < -0.4 is 5.32 Å². The Morgan fingerprint density at radius 3 is 2.68 bits per heavy atom. The predicted molar refractivity (Wildman–Crippen MR) is 77.2 cm³/mol. The molecule has 2 heterocycles. The third-order valence-corrected chi connectivity index (χ3v) is 3.71. The lowest BCUT2D eigenvalue weighted by molar-refractivity contribution is 0.561. The number of aryl methyl sites for hydroxylation is 1. The highest BCUT2D eigenvalue weighted by atomic mass is 32.2. The van der Waals surface area contributed by atoms with Crippen LogP contribution in [0, 0.1) is 6.92 Å². The zero-order valence-electron chi connectivity index (χ0n) is 11.4. The monoisotopic (exact) mass is 274 g/mol. The summed E-state index contributed by atoms with van der Waals surface area (Å²) >= 11 is 1.53. The Kier molecular flexibility index (Phi) is 4.87. The molecule has 0 aliphatic rings. The standard InChI is InChI=1S/C14H18N4S/c1-4-12(15-3)13-6-5-11(9-17-13)19-14-16-8-7-10(2)18-14/h5-9,12,15H,4H2,1-3H3. The van der Waals surface area contributed by atoms with Gasteiger partial charge in [0.25, 0.3) is 0 Å². The normalized spacial score (nSPS) is 12.4. The molecule has 0 radical (unpaired) electrons. The second kappa shape index (κ2) is 6.63. The lowest BCUT2D eigenvalue weighted by Gasteiger charge is -2.13. The van der Waals surface area contributed by atoms with Crippen LogP contribution in [-0.2, 0) is 0 Å². The van der Waals surface area contributed by atoms with Gasteiger partial charge < -0.3 is 5.32 Å². The van der Waals surface area contributed by atoms with E-state index in [0.717, 1.165) is 27.9 Å². The summed E-state index contributed by atoms with van der Waals surface area (Å²) < 4.78 is 0. The van der Waals surface area contributed by atoms with Crippen LogP contribution >= 0.6 is 11.8 Å². The van der Waals surface area contributed by atoms with E-state index in [2.05, 4.69) is 39.3 Å². The fraction of sp³-hybridized carbons (Fsp3) is 0.357. The van der Waals surface area contributed by atoms with E-state index in [4.69, 9.17) is 0 Å². The van der Waals surface area contributed by atoms with Gasteiger partial charge in [0.15, 0.2) is 5.16 Å². The van der Waals surface area contributed by atoms with Gasteiger partial charge >= 0.3 is 0 Å². The van der Waals surface area contributed by atoms with Crippen molar-refractivity contribution < 1.29 is 0 Å². The molecule has 0 bridgehead atoms. The van der Waals surface area contributed by atoms with Crippen molar-refractivity contribution in [1.82, 2.24) is 20.3 Å². The predicted octanol–water partition coefficient (Wildman–Crippen LogP) is 3.00. The van der Waals surface area contributed by atoms with Crippen molar-refractivity contribution >= 4 is 11.8 Å². The zero-order chi connectivity index (χ0) is 13.7. The maximum Gasteiger partial charge on any atom is 0.192 e. The summed E-state index contributed by atoms with van der Waals surface area (Å²) in [6.45, 7) is 4.11. The number of nitrogens with one attached hydrogen (secondary N) is 1. The van der Waals surface area contributed by atoms with Gasteiger partial charge in [0.1, 0.15) is 0 Å². The molecule has 100 valence electrons. The highest BCUT2D eigenvalue weighted by Gasteiger charge is 2.08. The molecule has 0 spiro atoms. The van der Waals surface area contributed by atoms with Gasteiger partial charge in [-0.25, -0.2) is 9.97 Å². The fourth-order valence-electron chi connectivity index (χ4n) is 1.80. The van der Waals surface area contributed by atoms with Crippen molar-refractivity contribution in [3.63, 3.8) is 0 Å². The summed E-state index contributed by atoms with van der Waals surface area (Å²) in [5.74, 6) is 0. The first kappa shape index (κ1) is 14.0. The highest BCUT2D eigenvalue weighted by Crippen LogP contribution is 2.25. The van der Waals surface area contributed by atoms with E-state index in [1.165, 1.54) is 11.8 Å². The average molecular weight is 274 g/mol. The van der Waals surface area contributed by atoms with E-state index < -0.39 is 0 Å². The van der Waals surface area contributed by atoms with Crippen molar-refractivity contribution in [3.8, 4) is 0 Å². The van der Waals surface area contributed by atoms with Gasteiger partial charge in [-0.05, 0) is 50.4 Å². The van der Waals surface area contributed by atoms with Crippen LogP contribution in [0.15, 0.2) is 40.6 Å². The largest absolute Gasteiger partial charge is 0.312 e. The average Bonchev–Trinajstić information content (AvgIpc) is 2.42. The second-order valence-electron chi connectivity index (χ2n) is 4.25. The van der Waals surface area contributed by atoms with Gasteiger partial charge in [0, 0.05) is 29.0 Å². The first-order valence-electron chi connectivity index (χ1n) is 6.33. The molecule has 2 aromatic rings. The van der Waals surface area contributed by atoms with Crippen molar-refractivity contribution in [2.24, 2.45) is 0 Å². The van der Waals surface area contributed by atoms with E-state index in [9.17, 15) is 0 Å². The molecule has 1 N–H and O–H groups in total. The molecule has 1 atom stereocenters. The lowest BCUT2D eigenvalue weighted by atomic mass is 10.1. The molecule has 0 aliphatic heterocycles. The van der Waals surface area contributed by atoms with E-state index in [0.29, 0.717) is 6.04 Å². The SMILES string of the molecule is CCC(NC)c1ccc(Sc2nccc(C)n2)cn1. The van der Waals surface area contributed by atoms with Crippen LogP contribution in [-0.4, -0.2) is 22.0 Å². The Hall–Kier alpha value is -1.46. The minimum absolute atomic E-state index is 0.314. The molecule has 0 amide bonds. The minimum atomic E-state index is 0.314. The van der Waals surface area contributed by atoms with Crippen LogP contribution in [0.25, 0.3) is 0 Å². The first-order chi connectivity index (χ1) is 9.22. The van der Waals surface area contributed by atoms with E-state index in [1.54, 1.807) is 6.20 Å². The summed E-state index contributed by atoms with van der Waals surface area (Å²) in [7, 11) is 1.96.